The molecule has 1 atom stereocenters. The van der Waals surface area contributed by atoms with Crippen molar-refractivity contribution in [2.75, 3.05) is 11.5 Å². The quantitative estimate of drug-likeness (QED) is 0.677. The minimum atomic E-state index is -1.20. The fourth-order valence-corrected chi connectivity index (χ4v) is 4.79. The fraction of sp³-hybridized carbons (Fsp3) is 0.520. The van der Waals surface area contributed by atoms with Crippen molar-refractivity contribution in [2.24, 2.45) is 0 Å². The molecule has 2 amide bonds. The zero-order valence-electron chi connectivity index (χ0n) is 19.6. The van der Waals surface area contributed by atoms with E-state index in [4.69, 9.17) is 4.74 Å². The minimum Gasteiger partial charge on any atom is -0.461 e. The molecule has 1 aromatic carbocycles. The van der Waals surface area contributed by atoms with Gasteiger partial charge in [0.1, 0.15) is 11.2 Å². The van der Waals surface area contributed by atoms with Crippen LogP contribution in [0.15, 0.2) is 30.3 Å². The van der Waals surface area contributed by atoms with Crippen LogP contribution in [0.4, 0.5) is 5.69 Å². The highest BCUT2D eigenvalue weighted by molar-refractivity contribution is 6.12. The van der Waals surface area contributed by atoms with E-state index >= 15 is 0 Å². The number of anilines is 1. The Morgan fingerprint density at radius 3 is 2.64 bits per heavy atom. The second-order valence-corrected chi connectivity index (χ2v) is 9.04. The summed E-state index contributed by atoms with van der Waals surface area (Å²) < 4.78 is 6.53. The number of amides is 2. The average molecular weight is 453 g/mol. The first-order valence-corrected chi connectivity index (χ1v) is 11.9. The second kappa shape index (κ2) is 9.37. The van der Waals surface area contributed by atoms with Gasteiger partial charge >= 0.3 is 5.97 Å². The number of nitrogens with one attached hydrogen (secondary N) is 1. The Morgan fingerprint density at radius 1 is 1.18 bits per heavy atom. The Bertz CT molecular complexity index is 1060. The molecule has 0 saturated heterocycles. The highest BCUT2D eigenvalue weighted by atomic mass is 16.5. The Labute approximate surface area is 194 Å². The Morgan fingerprint density at radius 2 is 1.94 bits per heavy atom. The van der Waals surface area contributed by atoms with Crippen molar-refractivity contribution in [2.45, 2.75) is 77.4 Å². The monoisotopic (exact) mass is 452 g/mol. The topological polar surface area (TPSA) is 93.5 Å². The molecule has 1 fully saturated rings. The standard InChI is InChI=1S/C25H32N4O4/c1-4-17-10-9-13-19(14-17)29-22(30)21-15-20(23(31)33-5-2)27-28(21)16-25(29,3)24(32)26-18-11-7-6-8-12-18/h9-10,13-15,18H,4-8,11-12,16H2,1-3H3,(H,26,32)/t25-/m1/s1. The van der Waals surface area contributed by atoms with Crippen LogP contribution in [0.1, 0.15) is 79.4 Å². The molecule has 8 nitrogen and oxygen atoms in total. The number of aromatic nitrogens is 2. The molecule has 1 aliphatic heterocycles. The lowest BCUT2D eigenvalue weighted by atomic mass is 9.91. The van der Waals surface area contributed by atoms with Gasteiger partial charge in [0.2, 0.25) is 5.91 Å². The van der Waals surface area contributed by atoms with Gasteiger partial charge in [-0.05, 0) is 50.8 Å². The number of rotatable bonds is 6. The summed E-state index contributed by atoms with van der Waals surface area (Å²) in [7, 11) is 0. The molecule has 2 aliphatic rings. The number of carbonyl (C=O) groups excluding carboxylic acids is 3. The van der Waals surface area contributed by atoms with E-state index in [1.54, 1.807) is 18.7 Å². The van der Waals surface area contributed by atoms with Crippen molar-refractivity contribution in [3.63, 3.8) is 0 Å². The van der Waals surface area contributed by atoms with E-state index in [1.165, 1.54) is 17.2 Å². The minimum absolute atomic E-state index is 0.0689. The van der Waals surface area contributed by atoms with Crippen molar-refractivity contribution >= 4 is 23.5 Å². The van der Waals surface area contributed by atoms with E-state index < -0.39 is 11.5 Å². The van der Waals surface area contributed by atoms with Crippen LogP contribution in [0.2, 0.25) is 0 Å². The second-order valence-electron chi connectivity index (χ2n) is 9.04. The van der Waals surface area contributed by atoms with Gasteiger partial charge in [0, 0.05) is 17.8 Å². The summed E-state index contributed by atoms with van der Waals surface area (Å²) in [5.41, 5.74) is 0.862. The first-order chi connectivity index (χ1) is 15.9. The molecule has 33 heavy (non-hydrogen) atoms. The summed E-state index contributed by atoms with van der Waals surface area (Å²) >= 11 is 0. The van der Waals surface area contributed by atoms with Crippen LogP contribution in [0.5, 0.6) is 0 Å². The number of hydrogen-bond donors (Lipinski definition) is 1. The zero-order valence-corrected chi connectivity index (χ0v) is 19.6. The van der Waals surface area contributed by atoms with Crippen LogP contribution in [-0.4, -0.2) is 45.8 Å². The smallest absolute Gasteiger partial charge is 0.358 e. The third-order valence-electron chi connectivity index (χ3n) is 6.64. The van der Waals surface area contributed by atoms with Crippen molar-refractivity contribution in [3.05, 3.63) is 47.3 Å². The maximum absolute atomic E-state index is 13.8. The average Bonchev–Trinajstić information content (AvgIpc) is 3.24. The van der Waals surface area contributed by atoms with Gasteiger partial charge in [-0.15, -0.1) is 0 Å². The van der Waals surface area contributed by atoms with Crippen LogP contribution in [-0.2, 0) is 22.5 Å². The van der Waals surface area contributed by atoms with E-state index in [0.717, 1.165) is 37.7 Å². The number of ether oxygens (including phenoxy) is 1. The number of hydrogen-bond acceptors (Lipinski definition) is 5. The largest absolute Gasteiger partial charge is 0.461 e. The number of carbonyl (C=O) groups is 3. The normalized spacial score (nSPS) is 20.9. The molecule has 0 unspecified atom stereocenters. The maximum atomic E-state index is 13.8. The van der Waals surface area contributed by atoms with Crippen molar-refractivity contribution in [1.29, 1.82) is 0 Å². The molecule has 2 aromatic rings. The highest BCUT2D eigenvalue weighted by Gasteiger charge is 2.49. The maximum Gasteiger partial charge on any atom is 0.358 e. The van der Waals surface area contributed by atoms with Gasteiger partial charge in [0.05, 0.1) is 13.2 Å². The lowest BCUT2D eigenvalue weighted by molar-refractivity contribution is -0.127. The van der Waals surface area contributed by atoms with Crippen LogP contribution in [0.25, 0.3) is 0 Å². The van der Waals surface area contributed by atoms with Crippen molar-refractivity contribution in [1.82, 2.24) is 15.1 Å². The van der Waals surface area contributed by atoms with Crippen LogP contribution in [0.3, 0.4) is 0 Å². The lowest BCUT2D eigenvalue weighted by Gasteiger charge is -2.44. The lowest BCUT2D eigenvalue weighted by Crippen LogP contribution is -2.65. The first kappa shape index (κ1) is 23.0. The van der Waals surface area contributed by atoms with Gasteiger partial charge in [-0.2, -0.15) is 5.10 Å². The molecule has 1 aliphatic carbocycles. The molecule has 2 heterocycles. The number of aryl methyl sites for hydroxylation is 1. The molecular weight excluding hydrogens is 420 g/mol. The highest BCUT2D eigenvalue weighted by Crippen LogP contribution is 2.34. The van der Waals surface area contributed by atoms with Gasteiger partial charge in [-0.25, -0.2) is 4.79 Å². The molecule has 176 valence electrons. The predicted molar refractivity (Wildman–Crippen MR) is 124 cm³/mol. The molecule has 0 radical (unpaired) electrons. The molecular formula is C25H32N4O4. The fourth-order valence-electron chi connectivity index (χ4n) is 4.79. The molecule has 1 N–H and O–H groups in total. The summed E-state index contributed by atoms with van der Waals surface area (Å²) in [6, 6.07) is 9.26. The van der Waals surface area contributed by atoms with Crippen LogP contribution in [0, 0.1) is 0 Å². The zero-order chi connectivity index (χ0) is 23.6. The van der Waals surface area contributed by atoms with E-state index in [9.17, 15) is 14.4 Å². The van der Waals surface area contributed by atoms with E-state index in [-0.39, 0.29) is 42.4 Å². The number of nitrogens with zero attached hydrogens (tertiary/aromatic N) is 3. The Balaban J connectivity index is 1.75. The Hall–Kier alpha value is -3.16. The van der Waals surface area contributed by atoms with Crippen molar-refractivity contribution in [3.8, 4) is 0 Å². The van der Waals surface area contributed by atoms with Gasteiger partial charge in [-0.3, -0.25) is 19.2 Å². The predicted octanol–water partition coefficient (Wildman–Crippen LogP) is 3.49. The Kier molecular flexibility index (Phi) is 6.54. The molecule has 0 bridgehead atoms. The number of esters is 1. The third kappa shape index (κ3) is 4.38. The summed E-state index contributed by atoms with van der Waals surface area (Å²) in [5, 5.41) is 7.51. The first-order valence-electron chi connectivity index (χ1n) is 11.9. The van der Waals surface area contributed by atoms with Crippen LogP contribution >= 0.6 is 0 Å². The molecule has 8 heteroatoms. The van der Waals surface area contributed by atoms with E-state index in [0.29, 0.717) is 5.69 Å². The van der Waals surface area contributed by atoms with Crippen molar-refractivity contribution < 1.29 is 19.1 Å². The molecule has 1 saturated carbocycles. The van der Waals surface area contributed by atoms with Gasteiger partial charge < -0.3 is 10.1 Å². The number of benzene rings is 1. The van der Waals surface area contributed by atoms with Gasteiger partial charge in [0.25, 0.3) is 5.91 Å². The summed E-state index contributed by atoms with van der Waals surface area (Å²) in [6.45, 7) is 5.89. The number of fused-ring (bicyclic) bond motifs is 1. The van der Waals surface area contributed by atoms with Gasteiger partial charge in [-0.1, -0.05) is 38.3 Å². The molecule has 0 spiro atoms. The summed E-state index contributed by atoms with van der Waals surface area (Å²) in [6.07, 6.45) is 6.07. The summed E-state index contributed by atoms with van der Waals surface area (Å²) in [5.74, 6) is -1.15. The van der Waals surface area contributed by atoms with Gasteiger partial charge in [0.15, 0.2) is 5.69 Å². The SMILES string of the molecule is CCOC(=O)c1cc2n(n1)C[C@](C)(C(=O)NC1CCCCC1)N(c1cccc(CC)c1)C2=O. The molecule has 1 aromatic heterocycles. The van der Waals surface area contributed by atoms with Crippen LogP contribution < -0.4 is 10.2 Å². The third-order valence-corrected chi connectivity index (χ3v) is 6.64. The summed E-state index contributed by atoms with van der Waals surface area (Å²) in [4.78, 5) is 41.3. The molecule has 4 rings (SSSR count). The van der Waals surface area contributed by atoms with E-state index in [1.807, 2.05) is 31.2 Å². The van der Waals surface area contributed by atoms with E-state index in [2.05, 4.69) is 10.4 Å².